The summed E-state index contributed by atoms with van der Waals surface area (Å²) in [6.07, 6.45) is 24.3. The van der Waals surface area contributed by atoms with Gasteiger partial charge in [0.15, 0.2) is 5.65 Å². The maximum absolute atomic E-state index is 12.5. The molecule has 2 unspecified atom stereocenters. The third-order valence-corrected chi connectivity index (χ3v) is 8.61. The number of ether oxygens (including phenoxy) is 2. The predicted molar refractivity (Wildman–Crippen MR) is 177 cm³/mol. The first-order valence-corrected chi connectivity index (χ1v) is 17.4. The van der Waals surface area contributed by atoms with Crippen molar-refractivity contribution in [2.24, 2.45) is 17.6 Å². The Kier molecular flexibility index (Phi) is 19.3. The van der Waals surface area contributed by atoms with Gasteiger partial charge in [0.25, 0.3) is 0 Å². The molecule has 44 heavy (non-hydrogen) atoms. The fraction of sp³-hybridized carbons (Fsp3) is 0.794. The molecular weight excluding hydrogens is 556 g/mol. The number of aromatic nitrogens is 4. The summed E-state index contributed by atoms with van der Waals surface area (Å²) in [7, 11) is 0. The van der Waals surface area contributed by atoms with Crippen LogP contribution in [0.5, 0.6) is 0 Å². The molecule has 0 bridgehead atoms. The van der Waals surface area contributed by atoms with Crippen molar-refractivity contribution >= 4 is 29.1 Å². The van der Waals surface area contributed by atoms with E-state index in [9.17, 15) is 9.59 Å². The van der Waals surface area contributed by atoms with E-state index in [2.05, 4.69) is 21.9 Å². The second kappa shape index (κ2) is 22.7. The number of unbranched alkanes of at least 4 members (excludes halogenated alkanes) is 14. The minimum absolute atomic E-state index is 0.0242. The SMILES string of the molecule is CCCCCCCCCCCCCCCCCC(=O)OCC(CCn1cnc2cnc(N)nc21)COC(=O)[C@@H](N)C(C)CC. The molecule has 2 aromatic rings. The topological polar surface area (TPSA) is 148 Å². The fourth-order valence-electron chi connectivity index (χ4n) is 5.27. The van der Waals surface area contributed by atoms with E-state index >= 15 is 0 Å². The molecule has 0 aliphatic rings. The van der Waals surface area contributed by atoms with Crippen LogP contribution in [0.3, 0.4) is 0 Å². The molecule has 250 valence electrons. The highest BCUT2D eigenvalue weighted by atomic mass is 16.5. The van der Waals surface area contributed by atoms with Crippen LogP contribution in [0.2, 0.25) is 0 Å². The number of carbonyl (C=O) groups excluding carboxylic acids is 2. The van der Waals surface area contributed by atoms with Crippen LogP contribution < -0.4 is 11.5 Å². The zero-order valence-electron chi connectivity index (χ0n) is 27.8. The van der Waals surface area contributed by atoms with Gasteiger partial charge in [-0.1, -0.05) is 117 Å². The Morgan fingerprint density at radius 1 is 0.841 bits per heavy atom. The molecule has 0 aliphatic carbocycles. The van der Waals surface area contributed by atoms with E-state index in [0.717, 1.165) is 25.7 Å². The number of nitrogens with zero attached hydrogens (tertiary/aromatic N) is 4. The third kappa shape index (κ3) is 15.3. The highest BCUT2D eigenvalue weighted by Gasteiger charge is 2.23. The molecule has 2 rings (SSSR count). The molecule has 0 radical (unpaired) electrons. The van der Waals surface area contributed by atoms with Crippen LogP contribution in [-0.2, 0) is 25.6 Å². The average molecular weight is 617 g/mol. The number of anilines is 1. The zero-order valence-corrected chi connectivity index (χ0v) is 27.8. The molecule has 2 heterocycles. The Morgan fingerprint density at radius 2 is 1.41 bits per heavy atom. The van der Waals surface area contributed by atoms with Crippen molar-refractivity contribution < 1.29 is 19.1 Å². The van der Waals surface area contributed by atoms with E-state index < -0.39 is 12.0 Å². The summed E-state index contributed by atoms with van der Waals surface area (Å²) in [5, 5.41) is 0. The Morgan fingerprint density at radius 3 is 2.00 bits per heavy atom. The quantitative estimate of drug-likeness (QED) is 0.0831. The van der Waals surface area contributed by atoms with Gasteiger partial charge in [-0.3, -0.25) is 9.59 Å². The molecule has 2 aromatic heterocycles. The first kappa shape index (κ1) is 37.4. The highest BCUT2D eigenvalue weighted by Crippen LogP contribution is 2.17. The molecule has 0 amide bonds. The van der Waals surface area contributed by atoms with E-state index in [1.165, 1.54) is 77.0 Å². The summed E-state index contributed by atoms with van der Waals surface area (Å²) in [5.41, 5.74) is 13.1. The molecule has 0 saturated carbocycles. The van der Waals surface area contributed by atoms with Crippen LogP contribution in [0.15, 0.2) is 12.5 Å². The number of carbonyl (C=O) groups is 2. The lowest BCUT2D eigenvalue weighted by Gasteiger charge is -2.21. The molecule has 0 saturated heterocycles. The smallest absolute Gasteiger partial charge is 0.323 e. The maximum Gasteiger partial charge on any atom is 0.323 e. The van der Waals surface area contributed by atoms with Crippen LogP contribution in [0, 0.1) is 11.8 Å². The number of imidazole rings is 1. The van der Waals surface area contributed by atoms with Crippen molar-refractivity contribution in [3.05, 3.63) is 12.5 Å². The number of rotatable bonds is 26. The van der Waals surface area contributed by atoms with E-state index in [1.54, 1.807) is 12.5 Å². The molecular formula is C34H60N6O4. The van der Waals surface area contributed by atoms with E-state index in [1.807, 2.05) is 18.4 Å². The lowest BCUT2D eigenvalue weighted by molar-refractivity contribution is -0.151. The molecule has 0 aliphatic heterocycles. The van der Waals surface area contributed by atoms with Crippen molar-refractivity contribution in [1.82, 2.24) is 19.5 Å². The number of nitrogens with two attached hydrogens (primary N) is 2. The first-order chi connectivity index (χ1) is 21.3. The van der Waals surface area contributed by atoms with Crippen LogP contribution in [0.4, 0.5) is 5.95 Å². The maximum atomic E-state index is 12.5. The van der Waals surface area contributed by atoms with Gasteiger partial charge in [0, 0.05) is 18.9 Å². The lowest BCUT2D eigenvalue weighted by Crippen LogP contribution is -2.39. The van der Waals surface area contributed by atoms with Crippen molar-refractivity contribution in [3.63, 3.8) is 0 Å². The van der Waals surface area contributed by atoms with E-state index in [0.29, 0.717) is 30.6 Å². The second-order valence-electron chi connectivity index (χ2n) is 12.5. The van der Waals surface area contributed by atoms with E-state index in [4.69, 9.17) is 20.9 Å². The Hall–Kier alpha value is -2.75. The number of esters is 2. The van der Waals surface area contributed by atoms with Gasteiger partial charge in [0.05, 0.1) is 25.7 Å². The van der Waals surface area contributed by atoms with Gasteiger partial charge >= 0.3 is 11.9 Å². The standard InChI is InChI=1S/C34H60N6O4/c1-4-6-7-8-9-10-11-12-13-14-15-16-17-18-19-20-30(41)43-24-28(25-44-33(42)31(35)27(3)5-2)21-22-40-26-38-29-23-37-34(36)39-32(29)40/h23,26-28,31H,4-22,24-25,35H2,1-3H3,(H2,36,37,39)/t27?,28?,31-/m0/s1. The van der Waals surface area contributed by atoms with Crippen molar-refractivity contribution in [1.29, 1.82) is 0 Å². The van der Waals surface area contributed by atoms with Crippen LogP contribution in [0.25, 0.3) is 11.2 Å². The molecule has 0 fully saturated rings. The summed E-state index contributed by atoms with van der Waals surface area (Å²) < 4.78 is 13.1. The summed E-state index contributed by atoms with van der Waals surface area (Å²) in [4.78, 5) is 37.6. The summed E-state index contributed by atoms with van der Waals surface area (Å²) in [5.74, 6) is -0.625. The number of hydrogen-bond acceptors (Lipinski definition) is 9. The highest BCUT2D eigenvalue weighted by molar-refractivity contribution is 5.75. The summed E-state index contributed by atoms with van der Waals surface area (Å²) in [6.45, 7) is 7.03. The fourth-order valence-corrected chi connectivity index (χ4v) is 5.27. The molecule has 3 atom stereocenters. The van der Waals surface area contributed by atoms with Gasteiger partial charge in [0.2, 0.25) is 5.95 Å². The Balaban J connectivity index is 1.65. The monoisotopic (exact) mass is 616 g/mol. The van der Waals surface area contributed by atoms with Gasteiger partial charge in [-0.25, -0.2) is 9.97 Å². The molecule has 0 aromatic carbocycles. The first-order valence-electron chi connectivity index (χ1n) is 17.4. The number of aryl methyl sites for hydroxylation is 1. The van der Waals surface area contributed by atoms with Crippen molar-refractivity contribution in [2.75, 3.05) is 18.9 Å². The van der Waals surface area contributed by atoms with Gasteiger partial charge in [0.1, 0.15) is 11.6 Å². The second-order valence-corrected chi connectivity index (χ2v) is 12.5. The van der Waals surface area contributed by atoms with Gasteiger partial charge in [-0.05, 0) is 18.8 Å². The van der Waals surface area contributed by atoms with Gasteiger partial charge < -0.3 is 25.5 Å². The minimum Gasteiger partial charge on any atom is -0.465 e. The normalized spacial score (nSPS) is 13.5. The zero-order chi connectivity index (χ0) is 32.0. The lowest BCUT2D eigenvalue weighted by atomic mass is 10.0. The minimum atomic E-state index is -0.675. The summed E-state index contributed by atoms with van der Waals surface area (Å²) in [6, 6.07) is -0.675. The van der Waals surface area contributed by atoms with Crippen LogP contribution >= 0.6 is 0 Å². The largest absolute Gasteiger partial charge is 0.465 e. The van der Waals surface area contributed by atoms with Crippen molar-refractivity contribution in [2.45, 2.75) is 149 Å². The summed E-state index contributed by atoms with van der Waals surface area (Å²) >= 11 is 0. The molecule has 10 nitrogen and oxygen atoms in total. The molecule has 4 N–H and O–H groups in total. The molecule has 10 heteroatoms. The van der Waals surface area contributed by atoms with Crippen LogP contribution in [-0.4, -0.2) is 50.7 Å². The third-order valence-electron chi connectivity index (χ3n) is 8.61. The molecule has 0 spiro atoms. The predicted octanol–water partition coefficient (Wildman–Crippen LogP) is 7.14. The number of hydrogen-bond donors (Lipinski definition) is 2. The van der Waals surface area contributed by atoms with Crippen LogP contribution in [0.1, 0.15) is 136 Å². The number of fused-ring (bicyclic) bond motifs is 1. The average Bonchev–Trinajstić information content (AvgIpc) is 3.43. The van der Waals surface area contributed by atoms with E-state index in [-0.39, 0.29) is 37.0 Å². The van der Waals surface area contributed by atoms with Gasteiger partial charge in [-0.15, -0.1) is 0 Å². The Bertz CT molecular complexity index is 1060. The number of nitrogen functional groups attached to an aromatic ring is 1. The Labute approximate surface area is 265 Å². The van der Waals surface area contributed by atoms with Crippen molar-refractivity contribution in [3.8, 4) is 0 Å². The van der Waals surface area contributed by atoms with Gasteiger partial charge in [-0.2, -0.15) is 4.98 Å².